The number of hydrogen-bond donors (Lipinski definition) is 1. The fourth-order valence-corrected chi connectivity index (χ4v) is 5.22. The predicted molar refractivity (Wildman–Crippen MR) is 138 cm³/mol. The zero-order valence-corrected chi connectivity index (χ0v) is 21.0. The van der Waals surface area contributed by atoms with Gasteiger partial charge >= 0.3 is 12.1 Å². The summed E-state index contributed by atoms with van der Waals surface area (Å²) >= 11 is 0. The highest BCUT2D eigenvalue weighted by Crippen LogP contribution is 2.40. The number of carboxylic acid groups (broad SMARTS) is 1. The molecular formula is C29H24F3N3O5. The van der Waals surface area contributed by atoms with Gasteiger partial charge in [-0.2, -0.15) is 13.2 Å². The van der Waals surface area contributed by atoms with Gasteiger partial charge in [-0.3, -0.25) is 14.4 Å². The van der Waals surface area contributed by atoms with Crippen LogP contribution < -0.4 is 10.3 Å². The molecule has 0 radical (unpaired) electrons. The van der Waals surface area contributed by atoms with E-state index in [9.17, 15) is 32.7 Å². The van der Waals surface area contributed by atoms with E-state index in [1.165, 1.54) is 0 Å². The number of halogens is 3. The first-order valence-corrected chi connectivity index (χ1v) is 12.6. The van der Waals surface area contributed by atoms with Crippen molar-refractivity contribution in [3.8, 4) is 5.75 Å². The van der Waals surface area contributed by atoms with Crippen LogP contribution in [-0.4, -0.2) is 31.9 Å². The number of aromatic nitrogens is 3. The number of ketones is 1. The Morgan fingerprint density at radius 1 is 1.00 bits per heavy atom. The Morgan fingerprint density at radius 2 is 1.73 bits per heavy atom. The first kappa shape index (κ1) is 27.0. The van der Waals surface area contributed by atoms with Crippen molar-refractivity contribution in [3.05, 3.63) is 99.8 Å². The van der Waals surface area contributed by atoms with Crippen LogP contribution in [0.5, 0.6) is 5.75 Å². The summed E-state index contributed by atoms with van der Waals surface area (Å²) in [7, 11) is 0. The summed E-state index contributed by atoms with van der Waals surface area (Å²) in [6, 6.07) is 18.6. The van der Waals surface area contributed by atoms with Crippen LogP contribution in [0.25, 0.3) is 10.9 Å². The maximum Gasteiger partial charge on any atom is 0.416 e. The third-order valence-electron chi connectivity index (χ3n) is 7.26. The summed E-state index contributed by atoms with van der Waals surface area (Å²) in [6.07, 6.45) is -4.05. The van der Waals surface area contributed by atoms with Gasteiger partial charge in [0.1, 0.15) is 17.9 Å². The lowest BCUT2D eigenvalue weighted by atomic mass is 9.84. The number of carboxylic acids is 1. The van der Waals surface area contributed by atoms with Crippen molar-refractivity contribution in [1.82, 2.24) is 15.0 Å². The Balaban J connectivity index is 1.32. The van der Waals surface area contributed by atoms with Gasteiger partial charge in [-0.05, 0) is 66.8 Å². The van der Waals surface area contributed by atoms with Gasteiger partial charge in [0.15, 0.2) is 5.78 Å². The SMILES string of the molecule is O=C(O)[C@H]1[C@H](Cn2nnc3ccc(C(F)(F)F)cc3c2=O)CC[C@@H]1C(=O)c1ccc(OCc2ccccc2)cc1. The van der Waals surface area contributed by atoms with Crippen LogP contribution in [0.1, 0.15) is 34.3 Å². The van der Waals surface area contributed by atoms with Crippen molar-refractivity contribution in [2.24, 2.45) is 17.8 Å². The minimum absolute atomic E-state index is 0.000272. The minimum atomic E-state index is -4.64. The second-order valence-electron chi connectivity index (χ2n) is 9.78. The average molecular weight is 552 g/mol. The van der Waals surface area contributed by atoms with Gasteiger partial charge in [0.2, 0.25) is 0 Å². The number of benzene rings is 3. The first-order chi connectivity index (χ1) is 19.1. The predicted octanol–water partition coefficient (Wildman–Crippen LogP) is 5.00. The van der Waals surface area contributed by atoms with Gasteiger partial charge in [-0.15, -0.1) is 5.10 Å². The molecule has 4 aromatic rings. The summed E-state index contributed by atoms with van der Waals surface area (Å²) in [6.45, 7) is 0.166. The van der Waals surface area contributed by atoms with Crippen molar-refractivity contribution < 1.29 is 32.6 Å². The fraction of sp³-hybridized carbons (Fsp3) is 0.276. The van der Waals surface area contributed by atoms with E-state index >= 15 is 0 Å². The van der Waals surface area contributed by atoms with Crippen LogP contribution >= 0.6 is 0 Å². The summed E-state index contributed by atoms with van der Waals surface area (Å²) in [5.41, 5.74) is -0.477. The molecule has 206 valence electrons. The number of hydrogen-bond acceptors (Lipinski definition) is 6. The number of alkyl halides is 3. The Morgan fingerprint density at radius 3 is 2.40 bits per heavy atom. The topological polar surface area (TPSA) is 111 Å². The molecule has 0 unspecified atom stereocenters. The van der Waals surface area contributed by atoms with E-state index < -0.39 is 41.0 Å². The molecule has 40 heavy (non-hydrogen) atoms. The first-order valence-electron chi connectivity index (χ1n) is 12.6. The molecule has 1 saturated carbocycles. The number of aliphatic carboxylic acids is 1. The highest BCUT2D eigenvalue weighted by Gasteiger charge is 2.45. The number of carbonyl (C=O) groups is 2. The van der Waals surface area contributed by atoms with Crippen LogP contribution in [0.2, 0.25) is 0 Å². The molecular weight excluding hydrogens is 527 g/mol. The van der Waals surface area contributed by atoms with Crippen LogP contribution in [0, 0.1) is 17.8 Å². The number of ether oxygens (including phenoxy) is 1. The highest BCUT2D eigenvalue weighted by atomic mass is 19.4. The van der Waals surface area contributed by atoms with Gasteiger partial charge in [0.05, 0.1) is 23.4 Å². The Bertz CT molecular complexity index is 1600. The van der Waals surface area contributed by atoms with Gasteiger partial charge in [-0.25, -0.2) is 4.68 Å². The van der Waals surface area contributed by atoms with Crippen molar-refractivity contribution in [2.75, 3.05) is 0 Å². The standard InChI is InChI=1S/C29H24F3N3O5/c30-29(31,32)20-9-13-24-23(14-20)27(37)35(34-33-24)15-19-8-12-22(25(19)28(38)39)26(36)18-6-10-21(11-7-18)40-16-17-4-2-1-3-5-17/h1-7,9-11,13-14,19,22,25H,8,12,15-16H2,(H,38,39)/t19-,22-,25-/m0/s1. The molecule has 1 aliphatic carbocycles. The van der Waals surface area contributed by atoms with E-state index in [2.05, 4.69) is 10.3 Å². The molecule has 0 aliphatic heterocycles. The molecule has 0 saturated heterocycles. The molecule has 1 fully saturated rings. The van der Waals surface area contributed by atoms with Crippen molar-refractivity contribution in [1.29, 1.82) is 0 Å². The zero-order chi connectivity index (χ0) is 28.4. The molecule has 11 heteroatoms. The Kier molecular flexibility index (Phi) is 7.38. The highest BCUT2D eigenvalue weighted by molar-refractivity contribution is 6.00. The van der Waals surface area contributed by atoms with E-state index in [0.717, 1.165) is 22.4 Å². The quantitative estimate of drug-likeness (QED) is 0.307. The Hall–Kier alpha value is -4.54. The lowest BCUT2D eigenvalue weighted by Gasteiger charge is -2.20. The molecule has 3 atom stereocenters. The van der Waals surface area contributed by atoms with Crippen molar-refractivity contribution in [2.45, 2.75) is 32.2 Å². The molecule has 0 amide bonds. The van der Waals surface area contributed by atoms with Gasteiger partial charge < -0.3 is 9.84 Å². The van der Waals surface area contributed by atoms with Crippen LogP contribution in [0.15, 0.2) is 77.6 Å². The normalized spacial score (nSPS) is 19.0. The van der Waals surface area contributed by atoms with Crippen LogP contribution in [0.4, 0.5) is 13.2 Å². The molecule has 1 aromatic heterocycles. The largest absolute Gasteiger partial charge is 0.489 e. The maximum absolute atomic E-state index is 13.3. The second kappa shape index (κ2) is 10.9. The summed E-state index contributed by atoms with van der Waals surface area (Å²) in [5.74, 6) is -3.55. The molecule has 8 nitrogen and oxygen atoms in total. The molecule has 1 aliphatic rings. The van der Waals surface area contributed by atoms with Crippen molar-refractivity contribution in [3.63, 3.8) is 0 Å². The number of Topliss-reactive ketones (excluding diaryl/α,β-unsaturated/α-hetero) is 1. The fourth-order valence-electron chi connectivity index (χ4n) is 5.22. The molecule has 5 rings (SSSR count). The third kappa shape index (κ3) is 5.58. The zero-order valence-electron chi connectivity index (χ0n) is 21.0. The van der Waals surface area contributed by atoms with Gasteiger partial charge in [-0.1, -0.05) is 35.5 Å². The molecule has 3 aromatic carbocycles. The van der Waals surface area contributed by atoms with E-state index in [1.54, 1.807) is 24.3 Å². The van der Waals surface area contributed by atoms with Crippen LogP contribution in [0.3, 0.4) is 0 Å². The number of carbonyl (C=O) groups excluding carboxylic acids is 1. The Labute approximate surface area is 226 Å². The third-order valence-corrected chi connectivity index (χ3v) is 7.26. The maximum atomic E-state index is 13.3. The second-order valence-corrected chi connectivity index (χ2v) is 9.78. The molecule has 0 bridgehead atoms. The average Bonchev–Trinajstić information content (AvgIpc) is 3.37. The molecule has 1 heterocycles. The van der Waals surface area contributed by atoms with Crippen molar-refractivity contribution >= 4 is 22.7 Å². The van der Waals surface area contributed by atoms with Gasteiger partial charge in [0, 0.05) is 11.5 Å². The molecule has 1 N–H and O–H groups in total. The lowest BCUT2D eigenvalue weighted by Crippen LogP contribution is -2.34. The monoisotopic (exact) mass is 551 g/mol. The van der Waals surface area contributed by atoms with E-state index in [4.69, 9.17) is 4.74 Å². The van der Waals surface area contributed by atoms with E-state index in [-0.39, 0.29) is 29.7 Å². The lowest BCUT2D eigenvalue weighted by molar-refractivity contribution is -0.144. The minimum Gasteiger partial charge on any atom is -0.489 e. The number of rotatable bonds is 8. The van der Waals surface area contributed by atoms with E-state index in [1.807, 2.05) is 30.3 Å². The van der Waals surface area contributed by atoms with Gasteiger partial charge in [0.25, 0.3) is 5.56 Å². The summed E-state index contributed by atoms with van der Waals surface area (Å²) < 4.78 is 46.1. The number of nitrogens with zero attached hydrogens (tertiary/aromatic N) is 3. The molecule has 0 spiro atoms. The number of fused-ring (bicyclic) bond motifs is 1. The van der Waals surface area contributed by atoms with E-state index in [0.29, 0.717) is 30.4 Å². The summed E-state index contributed by atoms with van der Waals surface area (Å²) in [4.78, 5) is 38.5. The summed E-state index contributed by atoms with van der Waals surface area (Å²) in [5, 5.41) is 17.4. The smallest absolute Gasteiger partial charge is 0.416 e. The van der Waals surface area contributed by atoms with Crippen LogP contribution in [-0.2, 0) is 24.1 Å².